The highest BCUT2D eigenvalue weighted by Gasteiger charge is 2.32. The molecule has 0 spiro atoms. The number of nitrogens with zero attached hydrogens (tertiary/aromatic N) is 2. The number of benzene rings is 1. The third-order valence-corrected chi connectivity index (χ3v) is 7.19. The number of amides is 1. The van der Waals surface area contributed by atoms with Gasteiger partial charge >= 0.3 is 6.36 Å². The first-order valence-electron chi connectivity index (χ1n) is 10.2. The van der Waals surface area contributed by atoms with Gasteiger partial charge in [-0.25, -0.2) is 8.42 Å². The molecule has 0 radical (unpaired) electrons. The molecule has 11 heteroatoms. The zero-order chi connectivity index (χ0) is 24.4. The number of aryl methyl sites for hydroxylation is 1. The monoisotopic (exact) mass is 483 g/mol. The van der Waals surface area contributed by atoms with Crippen molar-refractivity contribution in [3.63, 3.8) is 0 Å². The molecule has 1 aliphatic rings. The van der Waals surface area contributed by atoms with Crippen molar-refractivity contribution < 1.29 is 31.1 Å². The van der Waals surface area contributed by atoms with Crippen LogP contribution in [0.5, 0.6) is 5.75 Å². The Kier molecular flexibility index (Phi) is 7.01. The Morgan fingerprint density at radius 1 is 1.30 bits per heavy atom. The summed E-state index contributed by atoms with van der Waals surface area (Å²) in [6.45, 7) is 3.38. The van der Waals surface area contributed by atoms with Crippen LogP contribution in [0.2, 0.25) is 0 Å². The van der Waals surface area contributed by atoms with Gasteiger partial charge in [0.1, 0.15) is 5.75 Å². The summed E-state index contributed by atoms with van der Waals surface area (Å²) >= 11 is 0. The van der Waals surface area contributed by atoms with E-state index in [1.807, 2.05) is 0 Å². The summed E-state index contributed by atoms with van der Waals surface area (Å²) in [5.74, 6) is -1.00. The Hall–Kier alpha value is -3.08. The average molecular weight is 484 g/mol. The lowest BCUT2D eigenvalue weighted by Gasteiger charge is -2.21. The van der Waals surface area contributed by atoms with Crippen LogP contribution in [0.15, 0.2) is 53.2 Å². The van der Waals surface area contributed by atoms with Gasteiger partial charge in [0.2, 0.25) is 5.91 Å². The third kappa shape index (κ3) is 6.25. The van der Waals surface area contributed by atoms with Gasteiger partial charge in [0.05, 0.1) is 11.9 Å². The summed E-state index contributed by atoms with van der Waals surface area (Å²) < 4.78 is 68.3. The van der Waals surface area contributed by atoms with E-state index in [0.717, 1.165) is 11.6 Å². The second kappa shape index (κ2) is 9.42. The summed E-state index contributed by atoms with van der Waals surface area (Å²) in [7, 11) is -1.67. The molecule has 7 nitrogen and oxygen atoms in total. The number of carbonyl (C=O) groups excluding carboxylic acids is 1. The molecule has 2 aromatic rings. The molecule has 1 amide bonds. The first kappa shape index (κ1) is 24.6. The van der Waals surface area contributed by atoms with Gasteiger partial charge in [-0.05, 0) is 36.6 Å². The number of alkyl halides is 3. The molecule has 1 heterocycles. The van der Waals surface area contributed by atoms with Gasteiger partial charge in [-0.2, -0.15) is 5.10 Å². The third-order valence-electron chi connectivity index (χ3n) is 5.17. The highest BCUT2D eigenvalue weighted by Crippen LogP contribution is 2.36. The van der Waals surface area contributed by atoms with Crippen LogP contribution in [0, 0.1) is 5.92 Å². The fourth-order valence-electron chi connectivity index (χ4n) is 3.65. The standard InChI is InChI=1S/C22H24F3N3O4S/c1-4-33(30,31)20-8-5-15(9-14(20)2)10-21(29)27-17-6-7-19(32-22(23,24)25)18(11-17)16-12-26-28(3)13-16/h5-8,11-14H,4,9-10H2,1-3H3,(H,27,29). The van der Waals surface area contributed by atoms with Crippen molar-refractivity contribution in [2.45, 2.75) is 33.1 Å². The number of hydrogen-bond acceptors (Lipinski definition) is 5. The molecular formula is C22H24F3N3O4S. The molecule has 1 unspecified atom stereocenters. The Balaban J connectivity index is 1.79. The van der Waals surface area contributed by atoms with Crippen LogP contribution in [0.4, 0.5) is 18.9 Å². The minimum atomic E-state index is -4.87. The summed E-state index contributed by atoms with van der Waals surface area (Å²) in [4.78, 5) is 12.9. The molecule has 178 valence electrons. The van der Waals surface area contributed by atoms with E-state index in [0.29, 0.717) is 22.6 Å². The largest absolute Gasteiger partial charge is 0.573 e. The number of hydrogen-bond donors (Lipinski definition) is 1. The zero-order valence-electron chi connectivity index (χ0n) is 18.3. The predicted molar refractivity (Wildman–Crippen MR) is 118 cm³/mol. The highest BCUT2D eigenvalue weighted by atomic mass is 32.2. The van der Waals surface area contributed by atoms with Crippen LogP contribution in [0.3, 0.4) is 0 Å². The summed E-state index contributed by atoms with van der Waals surface area (Å²) in [6.07, 6.45) is 1.70. The summed E-state index contributed by atoms with van der Waals surface area (Å²) in [5, 5.41) is 6.65. The lowest BCUT2D eigenvalue weighted by molar-refractivity contribution is -0.274. The number of halogens is 3. The lowest BCUT2D eigenvalue weighted by Crippen LogP contribution is -2.19. The Bertz CT molecular complexity index is 1210. The van der Waals surface area contributed by atoms with E-state index in [2.05, 4.69) is 15.2 Å². The van der Waals surface area contributed by atoms with Crippen molar-refractivity contribution in [3.05, 3.63) is 53.2 Å². The van der Waals surface area contributed by atoms with E-state index in [9.17, 15) is 26.4 Å². The van der Waals surface area contributed by atoms with Gasteiger partial charge in [-0.15, -0.1) is 13.2 Å². The first-order chi connectivity index (χ1) is 15.4. The van der Waals surface area contributed by atoms with Crippen LogP contribution in [-0.4, -0.2) is 36.2 Å². The quantitative estimate of drug-likeness (QED) is 0.622. The number of anilines is 1. The smallest absolute Gasteiger partial charge is 0.405 e. The summed E-state index contributed by atoms with van der Waals surface area (Å²) in [5.41, 5.74) is 1.58. The van der Waals surface area contributed by atoms with E-state index in [4.69, 9.17) is 0 Å². The summed E-state index contributed by atoms with van der Waals surface area (Å²) in [6, 6.07) is 3.85. The Labute approximate surface area is 189 Å². The second-order valence-electron chi connectivity index (χ2n) is 7.79. The van der Waals surface area contributed by atoms with Crippen LogP contribution in [0.1, 0.15) is 26.7 Å². The highest BCUT2D eigenvalue weighted by molar-refractivity contribution is 7.95. The molecule has 33 heavy (non-hydrogen) atoms. The van der Waals surface area contributed by atoms with E-state index in [1.165, 1.54) is 29.2 Å². The maximum absolute atomic E-state index is 12.8. The topological polar surface area (TPSA) is 90.3 Å². The molecule has 0 aliphatic heterocycles. The molecule has 1 aromatic heterocycles. The van der Waals surface area contributed by atoms with Gasteiger partial charge in [-0.1, -0.05) is 25.5 Å². The number of carbonyl (C=O) groups is 1. The lowest BCUT2D eigenvalue weighted by atomic mass is 9.93. The maximum atomic E-state index is 12.8. The van der Waals surface area contributed by atoms with Crippen molar-refractivity contribution in [1.29, 1.82) is 0 Å². The van der Waals surface area contributed by atoms with Crippen LogP contribution < -0.4 is 10.1 Å². The van der Waals surface area contributed by atoms with E-state index in [-0.39, 0.29) is 29.6 Å². The Morgan fingerprint density at radius 3 is 2.61 bits per heavy atom. The van der Waals surface area contributed by atoms with E-state index in [1.54, 1.807) is 33.0 Å². The van der Waals surface area contributed by atoms with Gasteiger partial charge in [0.15, 0.2) is 9.84 Å². The fourth-order valence-corrected chi connectivity index (χ4v) is 4.96. The molecule has 1 atom stereocenters. The number of sulfone groups is 1. The maximum Gasteiger partial charge on any atom is 0.573 e. The fraction of sp³-hybridized carbons (Fsp3) is 0.364. The molecule has 0 bridgehead atoms. The molecule has 0 saturated carbocycles. The van der Waals surface area contributed by atoms with Crippen molar-refractivity contribution in [1.82, 2.24) is 9.78 Å². The minimum Gasteiger partial charge on any atom is -0.405 e. The van der Waals surface area contributed by atoms with Crippen molar-refractivity contribution in [2.24, 2.45) is 13.0 Å². The molecule has 0 fully saturated rings. The van der Waals surface area contributed by atoms with Crippen molar-refractivity contribution >= 4 is 21.4 Å². The first-order valence-corrected chi connectivity index (χ1v) is 11.8. The predicted octanol–water partition coefficient (Wildman–Crippen LogP) is 4.60. The van der Waals surface area contributed by atoms with Crippen molar-refractivity contribution in [3.8, 4) is 16.9 Å². The number of aromatic nitrogens is 2. The zero-order valence-corrected chi connectivity index (χ0v) is 19.1. The molecule has 1 N–H and O–H groups in total. The number of allylic oxidation sites excluding steroid dienone is 3. The minimum absolute atomic E-state index is 0.0140. The normalized spacial score (nSPS) is 16.7. The second-order valence-corrected chi connectivity index (χ2v) is 10.1. The van der Waals surface area contributed by atoms with Gasteiger partial charge in [-0.3, -0.25) is 9.48 Å². The SMILES string of the molecule is CCS(=O)(=O)C1=CC=C(CC(=O)Nc2ccc(OC(F)(F)F)c(-c3cnn(C)c3)c2)CC1C. The van der Waals surface area contributed by atoms with Gasteiger partial charge in [0.25, 0.3) is 0 Å². The van der Waals surface area contributed by atoms with Crippen LogP contribution >= 0.6 is 0 Å². The van der Waals surface area contributed by atoms with Crippen LogP contribution in [0.25, 0.3) is 11.1 Å². The molecule has 3 rings (SSSR count). The molecule has 0 saturated heterocycles. The number of rotatable bonds is 7. The Morgan fingerprint density at radius 2 is 2.03 bits per heavy atom. The molecule has 1 aliphatic carbocycles. The van der Waals surface area contributed by atoms with E-state index >= 15 is 0 Å². The average Bonchev–Trinajstić information content (AvgIpc) is 3.14. The van der Waals surface area contributed by atoms with E-state index < -0.39 is 21.9 Å². The van der Waals surface area contributed by atoms with Crippen molar-refractivity contribution in [2.75, 3.05) is 11.1 Å². The van der Waals surface area contributed by atoms with Crippen LogP contribution in [-0.2, 0) is 21.7 Å². The van der Waals surface area contributed by atoms with Gasteiger partial charge < -0.3 is 10.1 Å². The molecular weight excluding hydrogens is 459 g/mol. The number of ether oxygens (including phenoxy) is 1. The van der Waals surface area contributed by atoms with Gasteiger partial charge in [0, 0.05) is 41.4 Å². The molecule has 1 aromatic carbocycles. The number of nitrogens with one attached hydrogen (secondary N) is 1.